The van der Waals surface area contributed by atoms with E-state index in [9.17, 15) is 4.79 Å². The lowest BCUT2D eigenvalue weighted by Crippen LogP contribution is -2.48. The zero-order valence-electron chi connectivity index (χ0n) is 9.11. The highest BCUT2D eigenvalue weighted by Crippen LogP contribution is 2.29. The van der Waals surface area contributed by atoms with Gasteiger partial charge in [0.25, 0.3) is 0 Å². The van der Waals surface area contributed by atoms with Gasteiger partial charge < -0.3 is 9.80 Å². The van der Waals surface area contributed by atoms with Crippen molar-refractivity contribution < 1.29 is 4.79 Å². The minimum atomic E-state index is 0.298. The molecule has 15 heavy (non-hydrogen) atoms. The molecule has 0 aromatic rings. The van der Waals surface area contributed by atoms with Crippen LogP contribution >= 0.6 is 0 Å². The van der Waals surface area contributed by atoms with Gasteiger partial charge >= 0.3 is 0 Å². The molecule has 3 rings (SSSR count). The van der Waals surface area contributed by atoms with Crippen molar-refractivity contribution >= 4 is 5.91 Å². The first-order valence-corrected chi connectivity index (χ1v) is 6.09. The number of carbonyl (C=O) groups is 1. The SMILES string of the molecule is O=C1CNCN1C1CCN2CCCC2C1. The fraction of sp³-hybridized carbons (Fsp3) is 0.909. The number of carbonyl (C=O) groups excluding carboxylic acids is 1. The standard InChI is InChI=1S/C11H19N3O/c15-11-7-12-8-14(11)10-3-5-13-4-1-2-9(13)6-10/h9-10,12H,1-8H2. The van der Waals surface area contributed by atoms with E-state index in [1.807, 2.05) is 0 Å². The fourth-order valence-corrected chi connectivity index (χ4v) is 3.29. The van der Waals surface area contributed by atoms with Gasteiger partial charge in [0, 0.05) is 18.6 Å². The van der Waals surface area contributed by atoms with Gasteiger partial charge in [0.1, 0.15) is 0 Å². The summed E-state index contributed by atoms with van der Waals surface area (Å²) >= 11 is 0. The number of amides is 1. The van der Waals surface area contributed by atoms with Crippen LogP contribution in [0.3, 0.4) is 0 Å². The minimum Gasteiger partial charge on any atom is -0.326 e. The van der Waals surface area contributed by atoms with E-state index in [0.29, 0.717) is 18.5 Å². The lowest BCUT2D eigenvalue weighted by atomic mass is 9.96. The molecule has 3 aliphatic heterocycles. The maximum absolute atomic E-state index is 11.6. The van der Waals surface area contributed by atoms with E-state index in [1.165, 1.54) is 38.8 Å². The Balaban J connectivity index is 1.65. The maximum atomic E-state index is 11.6. The van der Waals surface area contributed by atoms with Gasteiger partial charge in [-0.05, 0) is 32.2 Å². The smallest absolute Gasteiger partial charge is 0.237 e. The second-order valence-electron chi connectivity index (χ2n) is 4.96. The van der Waals surface area contributed by atoms with Gasteiger partial charge in [-0.15, -0.1) is 0 Å². The Kier molecular flexibility index (Phi) is 2.41. The molecule has 2 atom stereocenters. The van der Waals surface area contributed by atoms with Gasteiger partial charge in [-0.1, -0.05) is 0 Å². The third-order valence-electron chi connectivity index (χ3n) is 4.11. The third kappa shape index (κ3) is 1.66. The molecule has 0 aromatic heterocycles. The van der Waals surface area contributed by atoms with Crippen LogP contribution in [-0.2, 0) is 4.79 Å². The molecule has 2 unspecified atom stereocenters. The largest absolute Gasteiger partial charge is 0.326 e. The lowest BCUT2D eigenvalue weighted by Gasteiger charge is -2.38. The first kappa shape index (κ1) is 9.60. The Morgan fingerprint density at radius 1 is 1.20 bits per heavy atom. The minimum absolute atomic E-state index is 0.298. The van der Waals surface area contributed by atoms with Crippen LogP contribution in [0.15, 0.2) is 0 Å². The monoisotopic (exact) mass is 209 g/mol. The van der Waals surface area contributed by atoms with Crippen LogP contribution in [0.1, 0.15) is 25.7 Å². The van der Waals surface area contributed by atoms with Gasteiger partial charge in [0.15, 0.2) is 0 Å². The van der Waals surface area contributed by atoms with Crippen LogP contribution in [0.4, 0.5) is 0 Å². The van der Waals surface area contributed by atoms with E-state index < -0.39 is 0 Å². The highest BCUT2D eigenvalue weighted by molar-refractivity contribution is 5.80. The average Bonchev–Trinajstić information content (AvgIpc) is 2.84. The molecule has 0 saturated carbocycles. The Morgan fingerprint density at radius 3 is 2.93 bits per heavy atom. The second-order valence-corrected chi connectivity index (χ2v) is 4.96. The molecular formula is C11H19N3O. The van der Waals surface area contributed by atoms with Crippen molar-refractivity contribution in [2.75, 3.05) is 26.3 Å². The first-order valence-electron chi connectivity index (χ1n) is 6.09. The summed E-state index contributed by atoms with van der Waals surface area (Å²) in [6.45, 7) is 3.80. The number of fused-ring (bicyclic) bond motifs is 1. The zero-order chi connectivity index (χ0) is 10.3. The summed E-state index contributed by atoms with van der Waals surface area (Å²) in [7, 11) is 0. The Hall–Kier alpha value is -0.610. The summed E-state index contributed by atoms with van der Waals surface area (Å²) in [4.78, 5) is 16.3. The number of nitrogens with one attached hydrogen (secondary N) is 1. The molecule has 1 amide bonds. The first-order chi connectivity index (χ1) is 7.34. The molecule has 4 heteroatoms. The fourth-order valence-electron chi connectivity index (χ4n) is 3.29. The number of hydrogen-bond donors (Lipinski definition) is 1. The van der Waals surface area contributed by atoms with E-state index in [4.69, 9.17) is 0 Å². The average molecular weight is 209 g/mol. The van der Waals surface area contributed by atoms with Crippen molar-refractivity contribution in [3.63, 3.8) is 0 Å². The van der Waals surface area contributed by atoms with E-state index >= 15 is 0 Å². The Bertz CT molecular complexity index is 269. The molecule has 0 aliphatic carbocycles. The molecule has 3 aliphatic rings. The van der Waals surface area contributed by atoms with Crippen LogP contribution in [0.5, 0.6) is 0 Å². The van der Waals surface area contributed by atoms with Crippen molar-refractivity contribution in [1.29, 1.82) is 0 Å². The van der Waals surface area contributed by atoms with Crippen molar-refractivity contribution in [1.82, 2.24) is 15.1 Å². The summed E-state index contributed by atoms with van der Waals surface area (Å²) in [6, 6.07) is 1.27. The molecular weight excluding hydrogens is 190 g/mol. The van der Waals surface area contributed by atoms with Crippen molar-refractivity contribution in [3.05, 3.63) is 0 Å². The highest BCUT2D eigenvalue weighted by Gasteiger charge is 2.36. The summed E-state index contributed by atoms with van der Waals surface area (Å²) < 4.78 is 0. The summed E-state index contributed by atoms with van der Waals surface area (Å²) in [5.74, 6) is 0.298. The van der Waals surface area contributed by atoms with E-state index in [2.05, 4.69) is 15.1 Å². The van der Waals surface area contributed by atoms with Gasteiger partial charge in [-0.2, -0.15) is 0 Å². The highest BCUT2D eigenvalue weighted by atomic mass is 16.2. The quantitative estimate of drug-likeness (QED) is 0.660. The molecule has 0 bridgehead atoms. The predicted molar refractivity (Wildman–Crippen MR) is 57.3 cm³/mol. The number of hydrogen-bond acceptors (Lipinski definition) is 3. The van der Waals surface area contributed by atoms with Crippen molar-refractivity contribution in [2.45, 2.75) is 37.8 Å². The molecule has 0 spiro atoms. The Labute approximate surface area is 90.6 Å². The third-order valence-corrected chi connectivity index (χ3v) is 4.11. The van der Waals surface area contributed by atoms with E-state index in [1.54, 1.807) is 0 Å². The summed E-state index contributed by atoms with van der Waals surface area (Å²) in [5, 5.41) is 3.14. The molecule has 0 aromatic carbocycles. The van der Waals surface area contributed by atoms with E-state index in [0.717, 1.165) is 12.7 Å². The van der Waals surface area contributed by atoms with E-state index in [-0.39, 0.29) is 0 Å². The van der Waals surface area contributed by atoms with Gasteiger partial charge in [-0.25, -0.2) is 0 Å². The van der Waals surface area contributed by atoms with Crippen LogP contribution in [0, 0.1) is 0 Å². The zero-order valence-corrected chi connectivity index (χ0v) is 9.11. The predicted octanol–water partition coefficient (Wildman–Crippen LogP) is 0.00250. The topological polar surface area (TPSA) is 35.6 Å². The number of rotatable bonds is 1. The van der Waals surface area contributed by atoms with Crippen LogP contribution < -0.4 is 5.32 Å². The van der Waals surface area contributed by atoms with Crippen LogP contribution in [0.2, 0.25) is 0 Å². The molecule has 3 heterocycles. The van der Waals surface area contributed by atoms with Crippen molar-refractivity contribution in [3.8, 4) is 0 Å². The number of piperidine rings is 1. The van der Waals surface area contributed by atoms with Crippen LogP contribution in [0.25, 0.3) is 0 Å². The van der Waals surface area contributed by atoms with Gasteiger partial charge in [0.2, 0.25) is 5.91 Å². The molecule has 1 N–H and O–H groups in total. The normalized spacial score (nSPS) is 37.3. The molecule has 0 radical (unpaired) electrons. The van der Waals surface area contributed by atoms with Crippen molar-refractivity contribution in [2.24, 2.45) is 0 Å². The number of nitrogens with zero attached hydrogens (tertiary/aromatic N) is 2. The van der Waals surface area contributed by atoms with Gasteiger partial charge in [-0.3, -0.25) is 10.1 Å². The van der Waals surface area contributed by atoms with Gasteiger partial charge in [0.05, 0.1) is 13.2 Å². The van der Waals surface area contributed by atoms with Crippen LogP contribution in [-0.4, -0.2) is 54.1 Å². The molecule has 84 valence electrons. The summed E-state index contributed by atoms with van der Waals surface area (Å²) in [5.41, 5.74) is 0. The second kappa shape index (κ2) is 3.76. The molecule has 3 saturated heterocycles. The Morgan fingerprint density at radius 2 is 2.13 bits per heavy atom. The lowest BCUT2D eigenvalue weighted by molar-refractivity contribution is -0.129. The summed E-state index contributed by atoms with van der Waals surface area (Å²) in [6.07, 6.45) is 5.06. The molecule has 4 nitrogen and oxygen atoms in total. The molecule has 3 fully saturated rings. The maximum Gasteiger partial charge on any atom is 0.237 e.